The molecule has 1 fully saturated rings. The molecule has 3 heterocycles. The lowest BCUT2D eigenvalue weighted by Gasteiger charge is -2.31. The molecule has 1 saturated heterocycles. The quantitative estimate of drug-likeness (QED) is 0.747. The number of aliphatic imine (C=N–C) groups is 1. The largest absolute Gasteiger partial charge is 0.331 e. The third-order valence-corrected chi connectivity index (χ3v) is 5.96. The number of nitrogens with zero attached hydrogens (tertiary/aromatic N) is 2. The van der Waals surface area contributed by atoms with Crippen LogP contribution in [-0.4, -0.2) is 42.0 Å². The van der Waals surface area contributed by atoms with Gasteiger partial charge in [0.15, 0.2) is 5.54 Å². The van der Waals surface area contributed by atoms with Gasteiger partial charge >= 0.3 is 6.03 Å². The van der Waals surface area contributed by atoms with Crippen molar-refractivity contribution in [3.8, 4) is 0 Å². The third-order valence-electron chi connectivity index (χ3n) is 5.96. The smallest absolute Gasteiger partial charge is 0.322 e. The van der Waals surface area contributed by atoms with Crippen LogP contribution in [-0.2, 0) is 16.9 Å². The molecule has 3 aliphatic rings. The number of urea groups is 1. The Labute approximate surface area is 177 Å². The Morgan fingerprint density at radius 1 is 1.10 bits per heavy atom. The number of imide groups is 1. The lowest BCUT2D eigenvalue weighted by atomic mass is 9.87. The van der Waals surface area contributed by atoms with Gasteiger partial charge in [-0.05, 0) is 46.9 Å². The molecule has 0 aromatic heterocycles. The molecule has 2 aromatic rings. The molecule has 0 unspecified atom stereocenters. The molecule has 156 valence electrons. The van der Waals surface area contributed by atoms with Gasteiger partial charge in [-0.15, -0.1) is 0 Å². The minimum atomic E-state index is -1.42. The first kappa shape index (κ1) is 19.2. The maximum Gasteiger partial charge on any atom is 0.322 e. The number of hydrogen-bond donors (Lipinski definition) is 2. The van der Waals surface area contributed by atoms with E-state index in [1.807, 2.05) is 18.2 Å². The van der Waals surface area contributed by atoms with Gasteiger partial charge in [0.2, 0.25) is 0 Å². The number of hydrogen-bond acceptors (Lipinski definition) is 4. The SMILES string of the molecule is O=C1NC(=O)[C@](CN2Cc3ccc(F)cc3C2=O)(c2ccc(C3=CC=NCC3)cc2)N1. The molecule has 8 heteroatoms. The molecule has 2 aromatic carbocycles. The average molecular weight is 418 g/mol. The number of carbonyl (C=O) groups excluding carboxylic acids is 3. The second kappa shape index (κ2) is 7.16. The van der Waals surface area contributed by atoms with Crippen molar-refractivity contribution in [1.82, 2.24) is 15.5 Å². The Hall–Kier alpha value is -3.81. The second-order valence-corrected chi connectivity index (χ2v) is 7.85. The lowest BCUT2D eigenvalue weighted by molar-refractivity contribution is -0.124. The zero-order valence-corrected chi connectivity index (χ0v) is 16.5. The topological polar surface area (TPSA) is 90.9 Å². The highest BCUT2D eigenvalue weighted by Gasteiger charge is 2.50. The van der Waals surface area contributed by atoms with E-state index in [0.717, 1.165) is 24.1 Å². The molecular formula is C23H19FN4O3. The molecule has 7 nitrogen and oxygen atoms in total. The predicted octanol–water partition coefficient (Wildman–Crippen LogP) is 2.37. The molecule has 3 aliphatic heterocycles. The number of amides is 4. The summed E-state index contributed by atoms with van der Waals surface area (Å²) in [6.07, 6.45) is 4.56. The summed E-state index contributed by atoms with van der Waals surface area (Å²) < 4.78 is 13.6. The van der Waals surface area contributed by atoms with Gasteiger partial charge in [-0.3, -0.25) is 19.9 Å². The standard InChI is InChI=1S/C23H19FN4O3/c24-18-6-3-16-12-28(20(29)19(16)11-18)13-23(21(30)26-22(31)27-23)17-4-1-14(2-5-17)15-7-9-25-10-8-15/h1-7,9,11H,8,10,12-13H2,(H2,26,27,30,31)/t23-/m0/s1. The molecular weight excluding hydrogens is 399 g/mol. The van der Waals surface area contributed by atoms with Crippen molar-refractivity contribution in [2.24, 2.45) is 4.99 Å². The van der Waals surface area contributed by atoms with Crippen LogP contribution < -0.4 is 10.6 Å². The van der Waals surface area contributed by atoms with E-state index in [1.54, 1.807) is 24.4 Å². The van der Waals surface area contributed by atoms with Crippen molar-refractivity contribution in [2.75, 3.05) is 13.1 Å². The van der Waals surface area contributed by atoms with Gasteiger partial charge in [0.25, 0.3) is 11.8 Å². The lowest BCUT2D eigenvalue weighted by Crippen LogP contribution is -2.52. The summed E-state index contributed by atoms with van der Waals surface area (Å²) in [7, 11) is 0. The van der Waals surface area contributed by atoms with Gasteiger partial charge in [-0.25, -0.2) is 9.18 Å². The normalized spacial score (nSPS) is 22.3. The Bertz CT molecular complexity index is 1170. The minimum Gasteiger partial charge on any atom is -0.331 e. The van der Waals surface area contributed by atoms with Crippen LogP contribution in [0.4, 0.5) is 9.18 Å². The number of fused-ring (bicyclic) bond motifs is 1. The van der Waals surface area contributed by atoms with Crippen LogP contribution in [0.3, 0.4) is 0 Å². The Kier molecular flexibility index (Phi) is 4.43. The average Bonchev–Trinajstić information content (AvgIpc) is 3.24. The highest BCUT2D eigenvalue weighted by molar-refractivity contribution is 6.08. The second-order valence-electron chi connectivity index (χ2n) is 7.85. The summed E-state index contributed by atoms with van der Waals surface area (Å²) >= 11 is 0. The molecule has 0 bridgehead atoms. The Morgan fingerprint density at radius 2 is 1.90 bits per heavy atom. The van der Waals surface area contributed by atoms with Crippen LogP contribution >= 0.6 is 0 Å². The maximum atomic E-state index is 13.6. The van der Waals surface area contributed by atoms with E-state index in [9.17, 15) is 18.8 Å². The van der Waals surface area contributed by atoms with Crippen molar-refractivity contribution >= 4 is 29.6 Å². The molecule has 5 rings (SSSR count). The summed E-state index contributed by atoms with van der Waals surface area (Å²) in [6, 6.07) is 10.8. The van der Waals surface area contributed by atoms with Crippen LogP contribution in [0.2, 0.25) is 0 Å². The maximum absolute atomic E-state index is 13.6. The van der Waals surface area contributed by atoms with E-state index < -0.39 is 23.3 Å². The minimum absolute atomic E-state index is 0.0611. The number of rotatable bonds is 4. The fourth-order valence-electron chi connectivity index (χ4n) is 4.34. The monoisotopic (exact) mass is 418 g/mol. The van der Waals surface area contributed by atoms with Crippen LogP contribution in [0.25, 0.3) is 5.57 Å². The van der Waals surface area contributed by atoms with Crippen LogP contribution in [0, 0.1) is 5.82 Å². The predicted molar refractivity (Wildman–Crippen MR) is 112 cm³/mol. The summed E-state index contributed by atoms with van der Waals surface area (Å²) in [5, 5.41) is 5.00. The number of allylic oxidation sites excluding steroid dienone is 1. The molecule has 0 spiro atoms. The molecule has 4 amide bonds. The fourth-order valence-corrected chi connectivity index (χ4v) is 4.34. The number of halogens is 1. The van der Waals surface area contributed by atoms with E-state index in [0.29, 0.717) is 11.1 Å². The van der Waals surface area contributed by atoms with Crippen molar-refractivity contribution < 1.29 is 18.8 Å². The first-order valence-electron chi connectivity index (χ1n) is 9.97. The summed E-state index contributed by atoms with van der Waals surface area (Å²) in [6.45, 7) is 0.909. The zero-order chi connectivity index (χ0) is 21.6. The highest BCUT2D eigenvalue weighted by atomic mass is 19.1. The molecule has 1 atom stereocenters. The highest BCUT2D eigenvalue weighted by Crippen LogP contribution is 2.32. The van der Waals surface area contributed by atoms with Crippen molar-refractivity contribution in [3.63, 3.8) is 0 Å². The van der Waals surface area contributed by atoms with E-state index >= 15 is 0 Å². The number of dihydropyridines is 1. The van der Waals surface area contributed by atoms with E-state index in [2.05, 4.69) is 15.6 Å². The van der Waals surface area contributed by atoms with E-state index in [4.69, 9.17) is 0 Å². The van der Waals surface area contributed by atoms with Gasteiger partial charge in [0.1, 0.15) is 5.82 Å². The first-order valence-corrected chi connectivity index (χ1v) is 9.97. The van der Waals surface area contributed by atoms with Crippen molar-refractivity contribution in [1.29, 1.82) is 0 Å². The summed E-state index contributed by atoms with van der Waals surface area (Å²) in [4.78, 5) is 43.5. The molecule has 2 N–H and O–H groups in total. The van der Waals surface area contributed by atoms with Gasteiger partial charge in [-0.2, -0.15) is 0 Å². The van der Waals surface area contributed by atoms with Crippen molar-refractivity contribution in [3.05, 3.63) is 76.6 Å². The molecule has 0 radical (unpaired) electrons. The van der Waals surface area contributed by atoms with Gasteiger partial charge in [0, 0.05) is 24.9 Å². The van der Waals surface area contributed by atoms with Gasteiger partial charge in [0.05, 0.1) is 6.54 Å². The third kappa shape index (κ3) is 3.20. The molecule has 31 heavy (non-hydrogen) atoms. The van der Waals surface area contributed by atoms with Gasteiger partial charge < -0.3 is 10.2 Å². The van der Waals surface area contributed by atoms with E-state index in [1.165, 1.54) is 17.0 Å². The molecule has 0 saturated carbocycles. The Morgan fingerprint density at radius 3 is 2.58 bits per heavy atom. The van der Waals surface area contributed by atoms with Crippen LogP contribution in [0.5, 0.6) is 0 Å². The summed E-state index contributed by atoms with van der Waals surface area (Å²) in [5.41, 5.74) is 2.26. The number of nitrogens with one attached hydrogen (secondary N) is 2. The van der Waals surface area contributed by atoms with Gasteiger partial charge in [-0.1, -0.05) is 30.3 Å². The zero-order valence-electron chi connectivity index (χ0n) is 16.5. The van der Waals surface area contributed by atoms with E-state index in [-0.39, 0.29) is 24.6 Å². The Balaban J connectivity index is 1.48. The van der Waals surface area contributed by atoms with Crippen LogP contribution in [0.1, 0.15) is 33.5 Å². The number of benzene rings is 2. The van der Waals surface area contributed by atoms with Crippen molar-refractivity contribution in [2.45, 2.75) is 18.5 Å². The fraction of sp³-hybridized carbons (Fsp3) is 0.217. The summed E-state index contributed by atoms with van der Waals surface area (Å²) in [5.74, 6) is -1.39. The number of carbonyl (C=O) groups is 3. The molecule has 0 aliphatic carbocycles. The van der Waals surface area contributed by atoms with Crippen LogP contribution in [0.15, 0.2) is 53.5 Å². The first-order chi connectivity index (χ1) is 15.0.